The number of rotatable bonds is 7. The van der Waals surface area contributed by atoms with Gasteiger partial charge in [0, 0.05) is 52.7 Å². The van der Waals surface area contributed by atoms with E-state index in [0.717, 1.165) is 5.56 Å². The fraction of sp³-hybridized carbons (Fsp3) is 0.476. The molecule has 1 saturated heterocycles. The normalized spacial score (nSPS) is 14.9. The summed E-state index contributed by atoms with van der Waals surface area (Å²) in [5, 5.41) is 6.47. The molecular formula is C21H29N5O5S. The van der Waals surface area contributed by atoms with E-state index in [9.17, 15) is 18.0 Å². The molecule has 174 valence electrons. The highest BCUT2D eigenvalue weighted by atomic mass is 32.2. The van der Waals surface area contributed by atoms with E-state index in [2.05, 4.69) is 10.5 Å². The van der Waals surface area contributed by atoms with Crippen LogP contribution in [0.4, 0.5) is 4.79 Å². The van der Waals surface area contributed by atoms with Crippen molar-refractivity contribution in [1.82, 2.24) is 24.6 Å². The summed E-state index contributed by atoms with van der Waals surface area (Å²) in [6, 6.07) is 9.38. The summed E-state index contributed by atoms with van der Waals surface area (Å²) in [5.41, 5.74) is 1.35. The fourth-order valence-electron chi connectivity index (χ4n) is 3.65. The van der Waals surface area contributed by atoms with Gasteiger partial charge in [0.15, 0.2) is 5.76 Å². The number of piperazine rings is 1. The van der Waals surface area contributed by atoms with E-state index in [-0.39, 0.29) is 48.6 Å². The Kier molecular flexibility index (Phi) is 7.52. The van der Waals surface area contributed by atoms with Crippen LogP contribution < -0.4 is 5.32 Å². The van der Waals surface area contributed by atoms with Crippen LogP contribution in [0.25, 0.3) is 0 Å². The van der Waals surface area contributed by atoms with Crippen molar-refractivity contribution in [3.8, 4) is 0 Å². The summed E-state index contributed by atoms with van der Waals surface area (Å²) in [4.78, 5) is 28.0. The number of hydrogen-bond acceptors (Lipinski definition) is 6. The van der Waals surface area contributed by atoms with Crippen LogP contribution in [0.1, 0.15) is 23.4 Å². The fourth-order valence-corrected chi connectivity index (χ4v) is 5.36. The van der Waals surface area contributed by atoms with Gasteiger partial charge in [-0.05, 0) is 19.4 Å². The molecule has 2 heterocycles. The van der Waals surface area contributed by atoms with Gasteiger partial charge < -0.3 is 19.6 Å². The van der Waals surface area contributed by atoms with E-state index in [4.69, 9.17) is 4.52 Å². The molecule has 1 aliphatic rings. The van der Waals surface area contributed by atoms with Crippen molar-refractivity contribution >= 4 is 22.0 Å². The van der Waals surface area contributed by atoms with Gasteiger partial charge in [0.2, 0.25) is 15.9 Å². The average molecular weight is 464 g/mol. The zero-order valence-corrected chi connectivity index (χ0v) is 19.4. The number of aromatic nitrogens is 1. The van der Waals surface area contributed by atoms with Crippen molar-refractivity contribution in [3.63, 3.8) is 0 Å². The summed E-state index contributed by atoms with van der Waals surface area (Å²) in [6.07, 6.45) is 0.154. The van der Waals surface area contributed by atoms with E-state index in [1.165, 1.54) is 4.31 Å². The van der Waals surface area contributed by atoms with Gasteiger partial charge in [-0.15, -0.1) is 0 Å². The maximum atomic E-state index is 12.9. The van der Waals surface area contributed by atoms with Gasteiger partial charge in [0.25, 0.3) is 0 Å². The highest BCUT2D eigenvalue weighted by Gasteiger charge is 2.34. The number of nitrogens with zero attached hydrogens (tertiary/aromatic N) is 4. The monoisotopic (exact) mass is 463 g/mol. The van der Waals surface area contributed by atoms with Crippen molar-refractivity contribution in [2.24, 2.45) is 0 Å². The van der Waals surface area contributed by atoms with E-state index in [1.54, 1.807) is 30.7 Å². The predicted molar refractivity (Wildman–Crippen MR) is 117 cm³/mol. The molecule has 0 aliphatic carbocycles. The molecule has 11 heteroatoms. The number of urea groups is 1. The highest BCUT2D eigenvalue weighted by Crippen LogP contribution is 2.24. The van der Waals surface area contributed by atoms with Gasteiger partial charge >= 0.3 is 6.03 Å². The Hall–Kier alpha value is -2.92. The summed E-state index contributed by atoms with van der Waals surface area (Å²) in [7, 11) is -2.02. The lowest BCUT2D eigenvalue weighted by molar-refractivity contribution is -0.132. The van der Waals surface area contributed by atoms with Crippen molar-refractivity contribution in [3.05, 3.63) is 47.3 Å². The lowest BCUT2D eigenvalue weighted by Gasteiger charge is -2.34. The largest absolute Gasteiger partial charge is 0.360 e. The number of benzene rings is 1. The van der Waals surface area contributed by atoms with Crippen molar-refractivity contribution in [2.75, 3.05) is 39.8 Å². The number of aryl methyl sites for hydroxylation is 2. The third-order valence-electron chi connectivity index (χ3n) is 5.38. The third kappa shape index (κ3) is 5.46. The molecule has 0 saturated carbocycles. The minimum atomic E-state index is -3.72. The zero-order chi connectivity index (χ0) is 23.3. The molecule has 2 aromatic rings. The van der Waals surface area contributed by atoms with E-state index >= 15 is 0 Å². The van der Waals surface area contributed by atoms with E-state index in [0.29, 0.717) is 25.3 Å². The molecule has 0 radical (unpaired) electrons. The zero-order valence-electron chi connectivity index (χ0n) is 18.6. The van der Waals surface area contributed by atoms with Gasteiger partial charge in [-0.2, -0.15) is 4.31 Å². The first-order chi connectivity index (χ1) is 15.2. The molecule has 1 fully saturated rings. The molecule has 3 amide bonds. The molecule has 1 aliphatic heterocycles. The van der Waals surface area contributed by atoms with Crippen LogP contribution >= 0.6 is 0 Å². The molecule has 0 spiro atoms. The van der Waals surface area contributed by atoms with Crippen LogP contribution in [-0.2, 0) is 21.4 Å². The first kappa shape index (κ1) is 23.7. The molecule has 10 nitrogen and oxygen atoms in total. The third-order valence-corrected chi connectivity index (χ3v) is 7.53. The number of amides is 3. The number of sulfonamides is 1. The van der Waals surface area contributed by atoms with E-state index in [1.807, 2.05) is 30.3 Å². The number of hydrogen-bond donors (Lipinski definition) is 1. The summed E-state index contributed by atoms with van der Waals surface area (Å²) >= 11 is 0. The maximum absolute atomic E-state index is 12.9. The average Bonchev–Trinajstić information content (AvgIpc) is 3.13. The molecule has 0 atom stereocenters. The lowest BCUT2D eigenvalue weighted by Crippen LogP contribution is -2.51. The number of carbonyl (C=O) groups is 2. The standard InChI is InChI=1S/C21H29N5O5S/c1-16-20(17(2)31-23-16)32(29,30)26-13-11-25(12-14-26)19(27)9-10-22-21(28)24(3)15-18-7-5-4-6-8-18/h4-8H,9-15H2,1-3H3,(H,22,28). The Labute approximate surface area is 188 Å². The number of nitrogens with one attached hydrogen (secondary N) is 1. The molecule has 0 unspecified atom stereocenters. The van der Waals surface area contributed by atoms with Crippen LogP contribution in [0.15, 0.2) is 39.8 Å². The Morgan fingerprint density at radius 2 is 1.78 bits per heavy atom. The Bertz CT molecular complexity index is 1030. The molecule has 3 rings (SSSR count). The van der Waals surface area contributed by atoms with Crippen LogP contribution in [0.5, 0.6) is 0 Å². The Morgan fingerprint density at radius 3 is 2.38 bits per heavy atom. The van der Waals surface area contributed by atoms with Crippen LogP contribution in [0, 0.1) is 13.8 Å². The molecule has 1 N–H and O–H groups in total. The van der Waals surface area contributed by atoms with Gasteiger partial charge in [-0.1, -0.05) is 35.5 Å². The first-order valence-electron chi connectivity index (χ1n) is 10.4. The predicted octanol–water partition coefficient (Wildman–Crippen LogP) is 1.36. The second kappa shape index (κ2) is 10.1. The molecular weight excluding hydrogens is 434 g/mol. The quantitative estimate of drug-likeness (QED) is 0.663. The van der Waals surface area contributed by atoms with Crippen LogP contribution in [0.3, 0.4) is 0 Å². The minimum absolute atomic E-state index is 0.0969. The minimum Gasteiger partial charge on any atom is -0.360 e. The van der Waals surface area contributed by atoms with Gasteiger partial charge in [-0.3, -0.25) is 4.79 Å². The first-order valence-corrected chi connectivity index (χ1v) is 11.9. The second-order valence-electron chi connectivity index (χ2n) is 7.76. The molecule has 1 aromatic heterocycles. The van der Waals surface area contributed by atoms with E-state index < -0.39 is 10.0 Å². The highest BCUT2D eigenvalue weighted by molar-refractivity contribution is 7.89. The Balaban J connectivity index is 1.43. The number of carbonyl (C=O) groups excluding carboxylic acids is 2. The van der Waals surface area contributed by atoms with Gasteiger partial charge in [0.1, 0.15) is 10.6 Å². The molecule has 1 aromatic carbocycles. The van der Waals surface area contributed by atoms with Crippen molar-refractivity contribution in [2.45, 2.75) is 31.7 Å². The van der Waals surface area contributed by atoms with Crippen LogP contribution in [0.2, 0.25) is 0 Å². The summed E-state index contributed by atoms with van der Waals surface area (Å²) < 4.78 is 32.1. The SMILES string of the molecule is Cc1noc(C)c1S(=O)(=O)N1CCN(C(=O)CCNC(=O)N(C)Cc2ccccc2)CC1. The Morgan fingerprint density at radius 1 is 1.12 bits per heavy atom. The van der Waals surface area contributed by atoms with Crippen molar-refractivity contribution < 1.29 is 22.5 Å². The second-order valence-corrected chi connectivity index (χ2v) is 9.64. The molecule has 0 bridgehead atoms. The molecule has 32 heavy (non-hydrogen) atoms. The van der Waals surface area contributed by atoms with Crippen LogP contribution in [-0.4, -0.2) is 79.4 Å². The summed E-state index contributed by atoms with van der Waals surface area (Å²) in [6.45, 7) is 4.84. The lowest BCUT2D eigenvalue weighted by atomic mass is 10.2. The maximum Gasteiger partial charge on any atom is 0.317 e. The smallest absolute Gasteiger partial charge is 0.317 e. The summed E-state index contributed by atoms with van der Waals surface area (Å²) in [5.74, 6) is 0.138. The van der Waals surface area contributed by atoms with Crippen molar-refractivity contribution in [1.29, 1.82) is 0 Å². The van der Waals surface area contributed by atoms with Gasteiger partial charge in [-0.25, -0.2) is 13.2 Å². The topological polar surface area (TPSA) is 116 Å². The van der Waals surface area contributed by atoms with Gasteiger partial charge in [0.05, 0.1) is 0 Å².